The molecule has 1 aromatic rings. The quantitative estimate of drug-likeness (QED) is 0.453. The molecule has 2 rings (SSSR count). The monoisotopic (exact) mass is 297 g/mol. The van der Waals surface area contributed by atoms with Gasteiger partial charge in [0.15, 0.2) is 5.16 Å². The molecular weight excluding hydrogens is 274 g/mol. The van der Waals surface area contributed by atoms with E-state index in [1.165, 1.54) is 19.3 Å². The van der Waals surface area contributed by atoms with Crippen LogP contribution in [0.5, 0.6) is 0 Å². The molecule has 112 valence electrons. The predicted molar refractivity (Wildman–Crippen MR) is 83.0 cm³/mol. The minimum absolute atomic E-state index is 0.438. The van der Waals surface area contributed by atoms with Crippen LogP contribution < -0.4 is 16.2 Å². The van der Waals surface area contributed by atoms with Gasteiger partial charge in [0.25, 0.3) is 0 Å². The Balaban J connectivity index is 2.06. The van der Waals surface area contributed by atoms with Gasteiger partial charge in [-0.25, -0.2) is 5.84 Å². The molecule has 0 aromatic carbocycles. The van der Waals surface area contributed by atoms with Gasteiger partial charge in [0.2, 0.25) is 11.9 Å². The molecule has 0 amide bonds. The van der Waals surface area contributed by atoms with Crippen LogP contribution in [0.2, 0.25) is 0 Å². The second-order valence-electron chi connectivity index (χ2n) is 5.09. The molecule has 8 heteroatoms. The van der Waals surface area contributed by atoms with Gasteiger partial charge < -0.3 is 9.80 Å². The summed E-state index contributed by atoms with van der Waals surface area (Å²) in [5, 5.41) is 0.732. The maximum absolute atomic E-state index is 5.46. The van der Waals surface area contributed by atoms with Crippen LogP contribution in [0, 0.1) is 0 Å². The third kappa shape index (κ3) is 4.46. The van der Waals surface area contributed by atoms with E-state index in [2.05, 4.69) is 44.3 Å². The van der Waals surface area contributed by atoms with Crippen LogP contribution in [0.1, 0.15) is 19.3 Å². The fraction of sp³-hybridized carbons (Fsp3) is 0.750. The molecule has 1 aliphatic rings. The molecule has 1 fully saturated rings. The van der Waals surface area contributed by atoms with E-state index in [1.807, 2.05) is 0 Å². The van der Waals surface area contributed by atoms with Gasteiger partial charge in [-0.1, -0.05) is 11.8 Å². The summed E-state index contributed by atoms with van der Waals surface area (Å²) >= 11 is 1.63. The summed E-state index contributed by atoms with van der Waals surface area (Å²) in [7, 11) is 4.11. The lowest BCUT2D eigenvalue weighted by Gasteiger charge is -2.26. The van der Waals surface area contributed by atoms with E-state index in [9.17, 15) is 0 Å². The summed E-state index contributed by atoms with van der Waals surface area (Å²) in [5.74, 6) is 7.57. The Kier molecular flexibility index (Phi) is 5.81. The van der Waals surface area contributed by atoms with Crippen molar-refractivity contribution in [2.45, 2.75) is 24.4 Å². The first-order chi connectivity index (χ1) is 9.69. The van der Waals surface area contributed by atoms with Crippen molar-refractivity contribution in [3.8, 4) is 0 Å². The second-order valence-corrected chi connectivity index (χ2v) is 6.15. The van der Waals surface area contributed by atoms with E-state index in [0.29, 0.717) is 5.95 Å². The number of nitrogens with one attached hydrogen (secondary N) is 1. The Bertz CT molecular complexity index is 420. The van der Waals surface area contributed by atoms with Crippen molar-refractivity contribution < 1.29 is 0 Å². The minimum Gasteiger partial charge on any atom is -0.341 e. The Morgan fingerprint density at radius 3 is 2.60 bits per heavy atom. The fourth-order valence-electron chi connectivity index (χ4n) is 2.03. The zero-order chi connectivity index (χ0) is 14.4. The number of hydrogen-bond acceptors (Lipinski definition) is 8. The van der Waals surface area contributed by atoms with Crippen molar-refractivity contribution in [3.05, 3.63) is 0 Å². The minimum atomic E-state index is 0.438. The van der Waals surface area contributed by atoms with Gasteiger partial charge in [0, 0.05) is 25.4 Å². The number of nitrogen functional groups attached to an aromatic ring is 1. The molecule has 0 bridgehead atoms. The van der Waals surface area contributed by atoms with Gasteiger partial charge in [0.1, 0.15) is 0 Å². The number of aromatic nitrogens is 3. The van der Waals surface area contributed by atoms with Crippen molar-refractivity contribution in [1.82, 2.24) is 19.9 Å². The highest BCUT2D eigenvalue weighted by atomic mass is 32.2. The molecule has 0 radical (unpaired) electrons. The smallest absolute Gasteiger partial charge is 0.242 e. The lowest BCUT2D eigenvalue weighted by molar-refractivity contribution is 0.437. The summed E-state index contributed by atoms with van der Waals surface area (Å²) < 4.78 is 0. The molecular formula is C12H23N7S. The Morgan fingerprint density at radius 2 is 1.95 bits per heavy atom. The summed E-state index contributed by atoms with van der Waals surface area (Å²) in [6.07, 6.45) is 3.67. The van der Waals surface area contributed by atoms with E-state index in [1.54, 1.807) is 11.8 Å². The van der Waals surface area contributed by atoms with E-state index in [-0.39, 0.29) is 0 Å². The number of hydrazine groups is 1. The Hall–Kier alpha value is -1.12. The molecule has 7 nitrogen and oxygen atoms in total. The lowest BCUT2D eigenvalue weighted by atomic mass is 10.1. The van der Waals surface area contributed by atoms with Gasteiger partial charge in [-0.3, -0.25) is 5.43 Å². The van der Waals surface area contributed by atoms with Gasteiger partial charge in [0.05, 0.1) is 0 Å². The highest BCUT2D eigenvalue weighted by Crippen LogP contribution is 2.20. The van der Waals surface area contributed by atoms with E-state index >= 15 is 0 Å². The average molecular weight is 297 g/mol. The highest BCUT2D eigenvalue weighted by molar-refractivity contribution is 7.99. The van der Waals surface area contributed by atoms with E-state index in [0.717, 1.165) is 36.5 Å². The van der Waals surface area contributed by atoms with Crippen LogP contribution in [0.15, 0.2) is 5.16 Å². The van der Waals surface area contributed by atoms with Crippen LogP contribution in [0.3, 0.4) is 0 Å². The number of nitrogens with two attached hydrogens (primary N) is 1. The summed E-state index contributed by atoms with van der Waals surface area (Å²) in [5.41, 5.74) is 2.53. The topological polar surface area (TPSA) is 83.2 Å². The molecule has 2 heterocycles. The Labute approximate surface area is 124 Å². The molecule has 0 atom stereocenters. The summed E-state index contributed by atoms with van der Waals surface area (Å²) in [4.78, 5) is 17.6. The van der Waals surface area contributed by atoms with E-state index in [4.69, 9.17) is 5.84 Å². The first-order valence-electron chi connectivity index (χ1n) is 6.94. The standard InChI is InChI=1S/C12H23N7S/c1-18(2)8-9-20-12-15-10(17-13)14-11(16-12)19-6-4-3-5-7-19/h3-9,13H2,1-2H3,(H,14,15,16,17). The second kappa shape index (κ2) is 7.61. The third-order valence-corrected chi connectivity index (χ3v) is 3.97. The Morgan fingerprint density at radius 1 is 1.20 bits per heavy atom. The first kappa shape index (κ1) is 15.3. The van der Waals surface area contributed by atoms with Crippen molar-refractivity contribution in [3.63, 3.8) is 0 Å². The molecule has 20 heavy (non-hydrogen) atoms. The molecule has 1 saturated heterocycles. The first-order valence-corrected chi connectivity index (χ1v) is 7.93. The van der Waals surface area contributed by atoms with Crippen LogP contribution in [-0.2, 0) is 0 Å². The van der Waals surface area contributed by atoms with Gasteiger partial charge in [-0.05, 0) is 33.4 Å². The molecule has 0 aliphatic carbocycles. The van der Waals surface area contributed by atoms with Crippen molar-refractivity contribution in [2.24, 2.45) is 5.84 Å². The molecule has 0 unspecified atom stereocenters. The normalized spacial score (nSPS) is 15.7. The predicted octanol–water partition coefficient (Wildman–Crippen LogP) is 0.801. The maximum Gasteiger partial charge on any atom is 0.242 e. The lowest BCUT2D eigenvalue weighted by Crippen LogP contribution is -2.31. The number of thioether (sulfide) groups is 1. The largest absolute Gasteiger partial charge is 0.341 e. The number of anilines is 2. The molecule has 3 N–H and O–H groups in total. The number of rotatable bonds is 6. The third-order valence-electron chi connectivity index (χ3n) is 3.14. The molecule has 1 aromatic heterocycles. The summed E-state index contributed by atoms with van der Waals surface area (Å²) in [6, 6.07) is 0. The summed E-state index contributed by atoms with van der Waals surface area (Å²) in [6.45, 7) is 3.01. The zero-order valence-electron chi connectivity index (χ0n) is 12.2. The highest BCUT2D eigenvalue weighted by Gasteiger charge is 2.16. The van der Waals surface area contributed by atoms with Crippen molar-refractivity contribution >= 4 is 23.7 Å². The average Bonchev–Trinajstić information content (AvgIpc) is 2.47. The van der Waals surface area contributed by atoms with Crippen molar-refractivity contribution in [2.75, 3.05) is 49.8 Å². The maximum atomic E-state index is 5.46. The fourth-order valence-corrected chi connectivity index (χ4v) is 2.97. The van der Waals surface area contributed by atoms with Crippen molar-refractivity contribution in [1.29, 1.82) is 0 Å². The molecule has 1 aliphatic heterocycles. The van der Waals surface area contributed by atoms with Gasteiger partial charge >= 0.3 is 0 Å². The number of nitrogens with zero attached hydrogens (tertiary/aromatic N) is 5. The van der Waals surface area contributed by atoms with Crippen LogP contribution in [-0.4, -0.2) is 59.3 Å². The molecule has 0 saturated carbocycles. The van der Waals surface area contributed by atoms with Crippen LogP contribution in [0.25, 0.3) is 0 Å². The number of piperidine rings is 1. The van der Waals surface area contributed by atoms with Gasteiger partial charge in [-0.15, -0.1) is 0 Å². The molecule has 0 spiro atoms. The SMILES string of the molecule is CN(C)CCSc1nc(NN)nc(N2CCCCC2)n1. The van der Waals surface area contributed by atoms with Gasteiger partial charge in [-0.2, -0.15) is 15.0 Å². The zero-order valence-corrected chi connectivity index (χ0v) is 13.0. The van der Waals surface area contributed by atoms with Crippen LogP contribution >= 0.6 is 11.8 Å². The van der Waals surface area contributed by atoms with Crippen LogP contribution in [0.4, 0.5) is 11.9 Å². The number of hydrogen-bond donors (Lipinski definition) is 2. The van der Waals surface area contributed by atoms with E-state index < -0.39 is 0 Å².